The van der Waals surface area contributed by atoms with E-state index in [2.05, 4.69) is 4.98 Å². The Morgan fingerprint density at radius 2 is 2.25 bits per heavy atom. The highest BCUT2D eigenvalue weighted by Crippen LogP contribution is 2.20. The molecule has 3 nitrogen and oxygen atoms in total. The fourth-order valence-corrected chi connectivity index (χ4v) is 1.28. The normalized spacial score (nSPS) is 10.8. The third-order valence-electron chi connectivity index (χ3n) is 1.72. The average Bonchev–Trinajstić information content (AvgIpc) is 2.31. The molecule has 4 heteroatoms. The van der Waals surface area contributed by atoms with Crippen LogP contribution in [-0.2, 0) is 0 Å². The Morgan fingerprint density at radius 1 is 1.50 bits per heavy atom. The number of rotatable bonds is 0. The molecule has 0 spiro atoms. The molecule has 0 bridgehead atoms. The highest BCUT2D eigenvalue weighted by atomic mass is 35.5. The maximum Gasteiger partial charge on any atom is 0.218 e. The summed E-state index contributed by atoms with van der Waals surface area (Å²) >= 11 is 5.74. The molecule has 0 aliphatic rings. The molecule has 2 aromatic rings. The lowest BCUT2D eigenvalue weighted by molar-refractivity contribution is 0.444. The molecule has 0 unspecified atom stereocenters. The molecule has 0 saturated heterocycles. The fraction of sp³-hybridized carbons (Fsp3) is 0.125. The predicted molar refractivity (Wildman–Crippen MR) is 46.6 cm³/mol. The van der Waals surface area contributed by atoms with Gasteiger partial charge in [-0.25, -0.2) is 4.98 Å². The lowest BCUT2D eigenvalue weighted by Crippen LogP contribution is -1.82. The largest absolute Gasteiger partial charge is 0.493 e. The standard InChI is InChI=1S/C8H7ClN2O/c1-5-8(12)11-4-6(9)2-3-7(11)10-5/h2-4,12H,1H3. The number of hydrogen-bond donors (Lipinski definition) is 1. The Labute approximate surface area is 74.2 Å². The van der Waals surface area contributed by atoms with Crippen molar-refractivity contribution in [3.8, 4) is 5.88 Å². The highest BCUT2D eigenvalue weighted by Gasteiger charge is 2.05. The molecule has 0 amide bonds. The monoisotopic (exact) mass is 182 g/mol. The smallest absolute Gasteiger partial charge is 0.218 e. The second-order valence-corrected chi connectivity index (χ2v) is 3.03. The number of nitrogens with zero attached hydrogens (tertiary/aromatic N) is 2. The van der Waals surface area contributed by atoms with Crippen LogP contribution in [0.15, 0.2) is 18.3 Å². The van der Waals surface area contributed by atoms with Gasteiger partial charge in [0.1, 0.15) is 11.3 Å². The van der Waals surface area contributed by atoms with Gasteiger partial charge in [0.15, 0.2) is 0 Å². The number of aryl methyl sites for hydroxylation is 1. The van der Waals surface area contributed by atoms with E-state index < -0.39 is 0 Å². The van der Waals surface area contributed by atoms with Gasteiger partial charge in [-0.3, -0.25) is 4.40 Å². The van der Waals surface area contributed by atoms with Crippen molar-refractivity contribution in [2.24, 2.45) is 0 Å². The van der Waals surface area contributed by atoms with Gasteiger partial charge in [-0.05, 0) is 19.1 Å². The Bertz CT molecular complexity index is 436. The summed E-state index contributed by atoms with van der Waals surface area (Å²) in [6.45, 7) is 1.75. The van der Waals surface area contributed by atoms with E-state index in [0.717, 1.165) is 0 Å². The summed E-state index contributed by atoms with van der Waals surface area (Å²) in [6, 6.07) is 3.50. The molecule has 0 aliphatic carbocycles. The Hall–Kier alpha value is -1.22. The van der Waals surface area contributed by atoms with Crippen LogP contribution in [0.3, 0.4) is 0 Å². The molecular weight excluding hydrogens is 176 g/mol. The zero-order valence-electron chi connectivity index (χ0n) is 6.45. The van der Waals surface area contributed by atoms with Crippen LogP contribution < -0.4 is 0 Å². The number of aromatic nitrogens is 2. The van der Waals surface area contributed by atoms with Crippen molar-refractivity contribution < 1.29 is 5.11 Å². The van der Waals surface area contributed by atoms with Crippen LogP contribution in [0.1, 0.15) is 5.69 Å². The Morgan fingerprint density at radius 3 is 3.00 bits per heavy atom. The first-order valence-corrected chi connectivity index (χ1v) is 3.89. The van der Waals surface area contributed by atoms with Crippen molar-refractivity contribution >= 4 is 17.2 Å². The third kappa shape index (κ3) is 0.940. The van der Waals surface area contributed by atoms with Crippen molar-refractivity contribution in [1.29, 1.82) is 0 Å². The molecule has 12 heavy (non-hydrogen) atoms. The van der Waals surface area contributed by atoms with Gasteiger partial charge in [0.25, 0.3) is 0 Å². The number of pyridine rings is 1. The van der Waals surface area contributed by atoms with Gasteiger partial charge in [0.2, 0.25) is 5.88 Å². The van der Waals surface area contributed by atoms with Crippen LogP contribution in [-0.4, -0.2) is 14.5 Å². The topological polar surface area (TPSA) is 37.5 Å². The zero-order chi connectivity index (χ0) is 8.72. The maximum absolute atomic E-state index is 9.46. The lowest BCUT2D eigenvalue weighted by Gasteiger charge is -1.94. The fourth-order valence-electron chi connectivity index (χ4n) is 1.12. The third-order valence-corrected chi connectivity index (χ3v) is 1.95. The van der Waals surface area contributed by atoms with Crippen LogP contribution in [0.25, 0.3) is 5.65 Å². The van der Waals surface area contributed by atoms with Gasteiger partial charge in [0, 0.05) is 6.20 Å². The number of hydrogen-bond acceptors (Lipinski definition) is 2. The first-order valence-electron chi connectivity index (χ1n) is 3.51. The molecule has 1 N–H and O–H groups in total. The van der Waals surface area contributed by atoms with Crippen molar-refractivity contribution in [2.45, 2.75) is 6.92 Å². The summed E-state index contributed by atoms with van der Waals surface area (Å²) in [5.41, 5.74) is 1.31. The summed E-state index contributed by atoms with van der Waals surface area (Å²) in [6.07, 6.45) is 1.63. The zero-order valence-corrected chi connectivity index (χ0v) is 7.21. The van der Waals surface area contributed by atoms with Gasteiger partial charge in [-0.1, -0.05) is 11.6 Å². The minimum absolute atomic E-state index is 0.146. The van der Waals surface area contributed by atoms with Gasteiger partial charge < -0.3 is 5.11 Å². The molecule has 2 heterocycles. The van der Waals surface area contributed by atoms with Crippen molar-refractivity contribution in [3.63, 3.8) is 0 Å². The molecule has 0 aliphatic heterocycles. The molecular formula is C8H7ClN2O. The van der Waals surface area contributed by atoms with E-state index in [1.54, 1.807) is 29.7 Å². The van der Waals surface area contributed by atoms with Crippen molar-refractivity contribution in [3.05, 3.63) is 29.0 Å². The molecule has 0 saturated carbocycles. The number of imidazole rings is 1. The maximum atomic E-state index is 9.46. The van der Waals surface area contributed by atoms with Crippen LogP contribution in [0, 0.1) is 6.92 Å². The summed E-state index contributed by atoms with van der Waals surface area (Å²) < 4.78 is 1.55. The van der Waals surface area contributed by atoms with Gasteiger partial charge >= 0.3 is 0 Å². The summed E-state index contributed by atoms with van der Waals surface area (Å²) in [4.78, 5) is 4.11. The predicted octanol–water partition coefficient (Wildman–Crippen LogP) is 2.00. The van der Waals surface area contributed by atoms with E-state index in [1.165, 1.54) is 0 Å². The second-order valence-electron chi connectivity index (χ2n) is 2.60. The van der Waals surface area contributed by atoms with Crippen LogP contribution >= 0.6 is 11.6 Å². The SMILES string of the molecule is Cc1nc2ccc(Cl)cn2c1O. The van der Waals surface area contributed by atoms with E-state index >= 15 is 0 Å². The first-order chi connectivity index (χ1) is 5.68. The highest BCUT2D eigenvalue weighted by molar-refractivity contribution is 6.30. The van der Waals surface area contributed by atoms with E-state index in [4.69, 9.17) is 11.6 Å². The Balaban J connectivity index is 2.88. The van der Waals surface area contributed by atoms with E-state index in [-0.39, 0.29) is 5.88 Å². The first kappa shape index (κ1) is 7.43. The summed E-state index contributed by atoms with van der Waals surface area (Å²) in [5.74, 6) is 0.146. The van der Waals surface area contributed by atoms with Crippen LogP contribution in [0.5, 0.6) is 5.88 Å². The molecule has 0 fully saturated rings. The Kier molecular flexibility index (Phi) is 1.48. The van der Waals surface area contributed by atoms with Gasteiger partial charge in [0.05, 0.1) is 5.02 Å². The molecule has 2 rings (SSSR count). The van der Waals surface area contributed by atoms with Gasteiger partial charge in [-0.15, -0.1) is 0 Å². The molecule has 62 valence electrons. The molecule has 2 aromatic heterocycles. The lowest BCUT2D eigenvalue weighted by atomic mass is 10.5. The minimum Gasteiger partial charge on any atom is -0.493 e. The van der Waals surface area contributed by atoms with Gasteiger partial charge in [-0.2, -0.15) is 0 Å². The van der Waals surface area contributed by atoms with E-state index in [1.807, 2.05) is 0 Å². The summed E-state index contributed by atoms with van der Waals surface area (Å²) in [7, 11) is 0. The number of halogens is 1. The van der Waals surface area contributed by atoms with Crippen LogP contribution in [0.4, 0.5) is 0 Å². The quantitative estimate of drug-likeness (QED) is 0.677. The molecule has 0 radical (unpaired) electrons. The minimum atomic E-state index is 0.146. The number of fused-ring (bicyclic) bond motifs is 1. The van der Waals surface area contributed by atoms with Crippen molar-refractivity contribution in [2.75, 3.05) is 0 Å². The van der Waals surface area contributed by atoms with Crippen molar-refractivity contribution in [1.82, 2.24) is 9.38 Å². The van der Waals surface area contributed by atoms with E-state index in [9.17, 15) is 5.11 Å². The molecule has 0 atom stereocenters. The summed E-state index contributed by atoms with van der Waals surface area (Å²) in [5, 5.41) is 10.0. The van der Waals surface area contributed by atoms with Crippen LogP contribution in [0.2, 0.25) is 5.02 Å². The second kappa shape index (κ2) is 2.38. The van der Waals surface area contributed by atoms with E-state index in [0.29, 0.717) is 16.4 Å². The molecule has 0 aromatic carbocycles. The number of aromatic hydroxyl groups is 1. The average molecular weight is 183 g/mol.